The van der Waals surface area contributed by atoms with E-state index in [0.29, 0.717) is 12.6 Å². The minimum atomic E-state index is 0.213. The van der Waals surface area contributed by atoms with Gasteiger partial charge in [0.25, 0.3) is 0 Å². The third kappa shape index (κ3) is 4.66. The van der Waals surface area contributed by atoms with E-state index in [1.54, 1.807) is 0 Å². The van der Waals surface area contributed by atoms with E-state index in [4.69, 9.17) is 0 Å². The summed E-state index contributed by atoms with van der Waals surface area (Å²) in [5.41, 5.74) is 3.25. The zero-order valence-electron chi connectivity index (χ0n) is 12.7. The molecule has 1 atom stereocenters. The summed E-state index contributed by atoms with van der Waals surface area (Å²) in [4.78, 5) is 14.5. The second kappa shape index (κ2) is 7.71. The molecule has 2 nitrogen and oxygen atoms in total. The van der Waals surface area contributed by atoms with Crippen LogP contribution in [-0.2, 0) is 0 Å². The maximum absolute atomic E-state index is 12.3. The summed E-state index contributed by atoms with van der Waals surface area (Å²) in [6.07, 6.45) is 3.19. The van der Waals surface area contributed by atoms with Crippen molar-refractivity contribution in [3.63, 3.8) is 0 Å². The number of nitrogens with zero attached hydrogens (tertiary/aromatic N) is 1. The van der Waals surface area contributed by atoms with Gasteiger partial charge in [0, 0.05) is 17.4 Å². The van der Waals surface area contributed by atoms with Crippen molar-refractivity contribution in [1.82, 2.24) is 4.90 Å². The number of hydrogen-bond donors (Lipinski definition) is 0. The molecule has 0 aliphatic rings. The standard InChI is InChI=1S/C16H25NOS/c1-6-15(11-19-5)17(4)10-16(18)14-8-7-12(2)13(3)9-14/h7-9,15H,6,10-11H2,1-5H3. The van der Waals surface area contributed by atoms with E-state index < -0.39 is 0 Å². The number of carbonyl (C=O) groups excluding carboxylic acids is 1. The van der Waals surface area contributed by atoms with E-state index in [1.807, 2.05) is 37.0 Å². The topological polar surface area (TPSA) is 20.3 Å². The number of thioether (sulfide) groups is 1. The largest absolute Gasteiger partial charge is 0.295 e. The van der Waals surface area contributed by atoms with Crippen LogP contribution in [-0.4, -0.2) is 42.3 Å². The molecule has 0 N–H and O–H groups in total. The van der Waals surface area contributed by atoms with Gasteiger partial charge in [-0.05, 0) is 50.8 Å². The zero-order chi connectivity index (χ0) is 14.4. The molecule has 0 radical (unpaired) electrons. The van der Waals surface area contributed by atoms with Crippen molar-refractivity contribution in [3.8, 4) is 0 Å². The van der Waals surface area contributed by atoms with Gasteiger partial charge in [-0.2, -0.15) is 11.8 Å². The molecule has 106 valence electrons. The normalized spacial score (nSPS) is 12.7. The molecule has 0 bridgehead atoms. The molecule has 0 aliphatic heterocycles. The molecule has 19 heavy (non-hydrogen) atoms. The third-order valence-electron chi connectivity index (χ3n) is 3.68. The molecule has 0 amide bonds. The first kappa shape index (κ1) is 16.3. The van der Waals surface area contributed by atoms with Gasteiger partial charge in [0.15, 0.2) is 5.78 Å². The number of carbonyl (C=O) groups is 1. The molecule has 1 aromatic carbocycles. The Balaban J connectivity index is 2.70. The van der Waals surface area contributed by atoms with Crippen molar-refractivity contribution in [3.05, 3.63) is 34.9 Å². The van der Waals surface area contributed by atoms with Crippen LogP contribution >= 0.6 is 11.8 Å². The fraction of sp³-hybridized carbons (Fsp3) is 0.562. The van der Waals surface area contributed by atoms with Crippen LogP contribution in [0, 0.1) is 13.8 Å². The monoisotopic (exact) mass is 279 g/mol. The van der Waals surface area contributed by atoms with Crippen LogP contribution in [0.15, 0.2) is 18.2 Å². The molecular formula is C16H25NOS. The molecule has 0 aromatic heterocycles. The molecule has 0 fully saturated rings. The molecule has 1 unspecified atom stereocenters. The molecule has 1 rings (SSSR count). The summed E-state index contributed by atoms with van der Waals surface area (Å²) in [5.74, 6) is 1.29. The van der Waals surface area contributed by atoms with E-state index in [-0.39, 0.29) is 5.78 Å². The first-order chi connectivity index (χ1) is 8.99. The van der Waals surface area contributed by atoms with E-state index in [1.165, 1.54) is 11.1 Å². The Labute approximate surface area is 121 Å². The predicted molar refractivity (Wildman–Crippen MR) is 85.3 cm³/mol. The van der Waals surface area contributed by atoms with Crippen molar-refractivity contribution >= 4 is 17.5 Å². The lowest BCUT2D eigenvalue weighted by atomic mass is 10.0. The highest BCUT2D eigenvalue weighted by molar-refractivity contribution is 7.98. The molecule has 0 saturated carbocycles. The van der Waals surface area contributed by atoms with Crippen molar-refractivity contribution in [2.45, 2.75) is 33.2 Å². The summed E-state index contributed by atoms with van der Waals surface area (Å²) >= 11 is 1.84. The molecule has 0 heterocycles. The summed E-state index contributed by atoms with van der Waals surface area (Å²) in [6, 6.07) is 6.45. The molecule has 1 aromatic rings. The Morgan fingerprint density at radius 3 is 2.53 bits per heavy atom. The van der Waals surface area contributed by atoms with Gasteiger partial charge in [0.05, 0.1) is 6.54 Å². The van der Waals surface area contributed by atoms with Crippen LogP contribution in [0.5, 0.6) is 0 Å². The van der Waals surface area contributed by atoms with Gasteiger partial charge >= 0.3 is 0 Å². The summed E-state index contributed by atoms with van der Waals surface area (Å²) in [7, 11) is 2.04. The van der Waals surface area contributed by atoms with Gasteiger partial charge < -0.3 is 0 Å². The van der Waals surface area contributed by atoms with Crippen molar-refractivity contribution < 1.29 is 4.79 Å². The van der Waals surface area contributed by atoms with Gasteiger partial charge in [0.1, 0.15) is 0 Å². The van der Waals surface area contributed by atoms with Crippen LogP contribution in [0.1, 0.15) is 34.8 Å². The number of rotatable bonds is 7. The number of aryl methyl sites for hydroxylation is 2. The van der Waals surface area contributed by atoms with E-state index >= 15 is 0 Å². The summed E-state index contributed by atoms with van der Waals surface area (Å²) < 4.78 is 0. The van der Waals surface area contributed by atoms with Crippen molar-refractivity contribution in [2.24, 2.45) is 0 Å². The Morgan fingerprint density at radius 1 is 1.32 bits per heavy atom. The van der Waals surface area contributed by atoms with E-state index in [0.717, 1.165) is 17.7 Å². The highest BCUT2D eigenvalue weighted by atomic mass is 32.2. The second-order valence-electron chi connectivity index (χ2n) is 5.15. The first-order valence-electron chi connectivity index (χ1n) is 6.79. The third-order valence-corrected chi connectivity index (χ3v) is 4.39. The highest BCUT2D eigenvalue weighted by Crippen LogP contribution is 2.13. The quantitative estimate of drug-likeness (QED) is 0.712. The fourth-order valence-corrected chi connectivity index (χ4v) is 2.99. The lowest BCUT2D eigenvalue weighted by Crippen LogP contribution is -2.37. The Hall–Kier alpha value is -0.800. The van der Waals surface area contributed by atoms with E-state index in [9.17, 15) is 4.79 Å². The van der Waals surface area contributed by atoms with Gasteiger partial charge in [-0.15, -0.1) is 0 Å². The SMILES string of the molecule is CCC(CSC)N(C)CC(=O)c1ccc(C)c(C)c1. The molecule has 3 heteroatoms. The lowest BCUT2D eigenvalue weighted by molar-refractivity contribution is 0.0925. The second-order valence-corrected chi connectivity index (χ2v) is 6.07. The molecule has 0 aliphatic carbocycles. The number of benzene rings is 1. The van der Waals surface area contributed by atoms with Crippen molar-refractivity contribution in [2.75, 3.05) is 25.6 Å². The van der Waals surface area contributed by atoms with Gasteiger partial charge in [-0.1, -0.05) is 19.1 Å². The van der Waals surface area contributed by atoms with Gasteiger partial charge in [-0.3, -0.25) is 9.69 Å². The van der Waals surface area contributed by atoms with Crippen LogP contribution < -0.4 is 0 Å². The lowest BCUT2D eigenvalue weighted by Gasteiger charge is -2.25. The first-order valence-corrected chi connectivity index (χ1v) is 8.18. The maximum atomic E-state index is 12.3. The maximum Gasteiger partial charge on any atom is 0.176 e. The number of hydrogen-bond acceptors (Lipinski definition) is 3. The minimum absolute atomic E-state index is 0.213. The number of likely N-dealkylation sites (N-methyl/N-ethyl adjacent to an activating group) is 1. The fourth-order valence-electron chi connectivity index (χ4n) is 2.11. The van der Waals surface area contributed by atoms with Crippen LogP contribution in [0.4, 0.5) is 0 Å². The average Bonchev–Trinajstić information content (AvgIpc) is 2.38. The molecule has 0 saturated heterocycles. The molecule has 0 spiro atoms. The average molecular weight is 279 g/mol. The number of Topliss-reactive ketones (excluding diaryl/α,β-unsaturated/α-hetero) is 1. The number of ketones is 1. The minimum Gasteiger partial charge on any atom is -0.295 e. The summed E-state index contributed by atoms with van der Waals surface area (Å²) in [6.45, 7) is 6.80. The van der Waals surface area contributed by atoms with Gasteiger partial charge in [0.2, 0.25) is 0 Å². The van der Waals surface area contributed by atoms with E-state index in [2.05, 4.69) is 31.9 Å². The predicted octanol–water partition coefficient (Wildman–Crippen LogP) is 3.56. The Morgan fingerprint density at radius 2 is 2.00 bits per heavy atom. The van der Waals surface area contributed by atoms with Crippen LogP contribution in [0.2, 0.25) is 0 Å². The zero-order valence-corrected chi connectivity index (χ0v) is 13.5. The summed E-state index contributed by atoms with van der Waals surface area (Å²) in [5, 5.41) is 0. The van der Waals surface area contributed by atoms with Crippen LogP contribution in [0.25, 0.3) is 0 Å². The Kier molecular flexibility index (Phi) is 6.59. The van der Waals surface area contributed by atoms with Crippen LogP contribution in [0.3, 0.4) is 0 Å². The Bertz CT molecular complexity index is 431. The smallest absolute Gasteiger partial charge is 0.176 e. The molecular weight excluding hydrogens is 254 g/mol. The van der Waals surface area contributed by atoms with Crippen molar-refractivity contribution in [1.29, 1.82) is 0 Å². The highest BCUT2D eigenvalue weighted by Gasteiger charge is 2.16. The van der Waals surface area contributed by atoms with Gasteiger partial charge in [-0.25, -0.2) is 0 Å².